The molecule has 3 atom stereocenters. The van der Waals surface area contributed by atoms with Gasteiger partial charge in [-0.3, -0.25) is 9.80 Å². The second-order valence-electron chi connectivity index (χ2n) is 6.36. The Morgan fingerprint density at radius 3 is 2.70 bits per heavy atom. The fraction of sp³-hybridized carbons (Fsp3) is 0.647. The fourth-order valence-electron chi connectivity index (χ4n) is 3.73. The van der Waals surface area contributed by atoms with Crippen LogP contribution in [0.5, 0.6) is 0 Å². The number of benzene rings is 1. The molecule has 3 rings (SSSR count). The first-order chi connectivity index (χ1) is 9.75. The average molecular weight is 273 g/mol. The molecule has 2 N–H and O–H groups in total. The van der Waals surface area contributed by atoms with Crippen molar-refractivity contribution in [2.24, 2.45) is 5.73 Å². The lowest BCUT2D eigenvalue weighted by Crippen LogP contribution is -2.58. The van der Waals surface area contributed by atoms with Crippen molar-refractivity contribution in [3.8, 4) is 0 Å². The van der Waals surface area contributed by atoms with E-state index >= 15 is 0 Å². The molecule has 110 valence electrons. The summed E-state index contributed by atoms with van der Waals surface area (Å²) in [6.45, 7) is 7.17. The molecule has 3 heteroatoms. The van der Waals surface area contributed by atoms with E-state index < -0.39 is 0 Å². The van der Waals surface area contributed by atoms with Crippen LogP contribution < -0.4 is 5.73 Å². The Morgan fingerprint density at radius 2 is 1.90 bits per heavy atom. The van der Waals surface area contributed by atoms with Crippen LogP contribution in [0.1, 0.15) is 37.8 Å². The maximum absolute atomic E-state index is 6.48. The van der Waals surface area contributed by atoms with Gasteiger partial charge >= 0.3 is 0 Å². The van der Waals surface area contributed by atoms with Gasteiger partial charge in [-0.25, -0.2) is 0 Å². The van der Waals surface area contributed by atoms with E-state index in [1.165, 1.54) is 44.5 Å². The molecule has 2 aliphatic heterocycles. The van der Waals surface area contributed by atoms with Crippen molar-refractivity contribution in [2.75, 3.05) is 26.2 Å². The van der Waals surface area contributed by atoms with Crippen molar-refractivity contribution in [2.45, 2.75) is 44.3 Å². The molecule has 3 nitrogen and oxygen atoms in total. The van der Waals surface area contributed by atoms with Crippen LogP contribution in [-0.4, -0.2) is 48.1 Å². The molecule has 3 unspecified atom stereocenters. The summed E-state index contributed by atoms with van der Waals surface area (Å²) in [5.41, 5.74) is 7.74. The lowest BCUT2D eigenvalue weighted by Gasteiger charge is -2.47. The van der Waals surface area contributed by atoms with Gasteiger partial charge in [-0.15, -0.1) is 0 Å². The largest absolute Gasteiger partial charge is 0.323 e. The molecular formula is C17H27N3. The molecular weight excluding hydrogens is 246 g/mol. The summed E-state index contributed by atoms with van der Waals surface area (Å²) < 4.78 is 0. The quantitative estimate of drug-likeness (QED) is 0.917. The fourth-order valence-corrected chi connectivity index (χ4v) is 3.73. The zero-order chi connectivity index (χ0) is 13.9. The van der Waals surface area contributed by atoms with Crippen LogP contribution in [0.4, 0.5) is 0 Å². The van der Waals surface area contributed by atoms with Crippen LogP contribution in [-0.2, 0) is 0 Å². The van der Waals surface area contributed by atoms with Crippen molar-refractivity contribution in [3.63, 3.8) is 0 Å². The highest BCUT2D eigenvalue weighted by Crippen LogP contribution is 2.25. The molecule has 0 spiro atoms. The van der Waals surface area contributed by atoms with Crippen molar-refractivity contribution < 1.29 is 0 Å². The van der Waals surface area contributed by atoms with Gasteiger partial charge in [-0.2, -0.15) is 0 Å². The number of hydrogen-bond acceptors (Lipinski definition) is 3. The molecule has 2 heterocycles. The second-order valence-corrected chi connectivity index (χ2v) is 6.36. The molecule has 0 radical (unpaired) electrons. The van der Waals surface area contributed by atoms with Gasteiger partial charge in [0, 0.05) is 37.8 Å². The normalized spacial score (nSPS) is 27.8. The van der Waals surface area contributed by atoms with Gasteiger partial charge in [0.15, 0.2) is 0 Å². The zero-order valence-corrected chi connectivity index (χ0v) is 12.5. The van der Waals surface area contributed by atoms with E-state index in [4.69, 9.17) is 5.73 Å². The van der Waals surface area contributed by atoms with Crippen LogP contribution in [0.25, 0.3) is 0 Å². The third kappa shape index (κ3) is 2.90. The standard InChI is InChI=1S/C17H27N3/c1-14(17(18)15-7-3-2-4-8-15)20-12-11-19-10-6-5-9-16(19)13-20/h2-4,7-8,14,16-17H,5-6,9-13,18H2,1H3. The summed E-state index contributed by atoms with van der Waals surface area (Å²) in [5.74, 6) is 0. The summed E-state index contributed by atoms with van der Waals surface area (Å²) in [5, 5.41) is 0. The monoisotopic (exact) mass is 273 g/mol. The van der Waals surface area contributed by atoms with Gasteiger partial charge in [-0.1, -0.05) is 36.8 Å². The highest BCUT2D eigenvalue weighted by molar-refractivity contribution is 5.20. The lowest BCUT2D eigenvalue weighted by atomic mass is 9.95. The van der Waals surface area contributed by atoms with E-state index in [0.717, 1.165) is 12.6 Å². The number of nitrogens with zero attached hydrogens (tertiary/aromatic N) is 2. The maximum Gasteiger partial charge on any atom is 0.0450 e. The Bertz CT molecular complexity index is 420. The Hall–Kier alpha value is -0.900. The zero-order valence-electron chi connectivity index (χ0n) is 12.5. The summed E-state index contributed by atoms with van der Waals surface area (Å²) >= 11 is 0. The summed E-state index contributed by atoms with van der Waals surface area (Å²) in [6.07, 6.45) is 4.15. The summed E-state index contributed by atoms with van der Waals surface area (Å²) in [6, 6.07) is 11.8. The van der Waals surface area contributed by atoms with Crippen LogP contribution in [0.15, 0.2) is 30.3 Å². The van der Waals surface area contributed by atoms with E-state index in [9.17, 15) is 0 Å². The molecule has 0 aromatic heterocycles. The molecule has 2 fully saturated rings. The van der Waals surface area contributed by atoms with E-state index in [0.29, 0.717) is 6.04 Å². The molecule has 0 amide bonds. The van der Waals surface area contributed by atoms with Crippen molar-refractivity contribution in [1.82, 2.24) is 9.80 Å². The highest BCUT2D eigenvalue weighted by atomic mass is 15.3. The van der Waals surface area contributed by atoms with Crippen LogP contribution in [0, 0.1) is 0 Å². The predicted molar refractivity (Wildman–Crippen MR) is 83.6 cm³/mol. The third-order valence-corrected chi connectivity index (χ3v) is 5.15. The molecule has 0 bridgehead atoms. The summed E-state index contributed by atoms with van der Waals surface area (Å²) in [4.78, 5) is 5.28. The molecule has 20 heavy (non-hydrogen) atoms. The number of hydrogen-bond donors (Lipinski definition) is 1. The number of rotatable bonds is 3. The number of nitrogens with two attached hydrogens (primary N) is 1. The minimum absolute atomic E-state index is 0.117. The van der Waals surface area contributed by atoms with Gasteiger partial charge in [0.05, 0.1) is 0 Å². The third-order valence-electron chi connectivity index (χ3n) is 5.15. The Labute approximate surface area is 122 Å². The first-order valence-electron chi connectivity index (χ1n) is 8.04. The molecule has 0 aliphatic carbocycles. The Balaban J connectivity index is 1.64. The first-order valence-corrected chi connectivity index (χ1v) is 8.04. The van der Waals surface area contributed by atoms with Crippen LogP contribution in [0.2, 0.25) is 0 Å². The van der Waals surface area contributed by atoms with Gasteiger partial charge in [0.25, 0.3) is 0 Å². The van der Waals surface area contributed by atoms with Gasteiger partial charge in [0.1, 0.15) is 0 Å². The van der Waals surface area contributed by atoms with Crippen LogP contribution >= 0.6 is 0 Å². The van der Waals surface area contributed by atoms with Crippen molar-refractivity contribution in [3.05, 3.63) is 35.9 Å². The molecule has 0 saturated carbocycles. The minimum Gasteiger partial charge on any atom is -0.323 e. The SMILES string of the molecule is CC(C(N)c1ccccc1)N1CCN2CCCCC2C1. The van der Waals surface area contributed by atoms with Crippen molar-refractivity contribution in [1.29, 1.82) is 0 Å². The smallest absolute Gasteiger partial charge is 0.0450 e. The van der Waals surface area contributed by atoms with E-state index in [1.54, 1.807) is 0 Å². The minimum atomic E-state index is 0.117. The number of fused-ring (bicyclic) bond motifs is 1. The molecule has 1 aromatic rings. The van der Waals surface area contributed by atoms with E-state index in [-0.39, 0.29) is 6.04 Å². The highest BCUT2D eigenvalue weighted by Gasteiger charge is 2.32. The predicted octanol–water partition coefficient (Wildman–Crippen LogP) is 2.25. The topological polar surface area (TPSA) is 32.5 Å². The van der Waals surface area contributed by atoms with E-state index in [2.05, 4.69) is 47.1 Å². The maximum atomic E-state index is 6.48. The molecule has 2 saturated heterocycles. The first kappa shape index (κ1) is 14.1. The summed E-state index contributed by atoms with van der Waals surface area (Å²) in [7, 11) is 0. The van der Waals surface area contributed by atoms with Gasteiger partial charge in [0.2, 0.25) is 0 Å². The average Bonchev–Trinajstić information content (AvgIpc) is 2.54. The van der Waals surface area contributed by atoms with Gasteiger partial charge < -0.3 is 5.73 Å². The Kier molecular flexibility index (Phi) is 4.39. The Morgan fingerprint density at radius 1 is 1.10 bits per heavy atom. The molecule has 1 aromatic carbocycles. The van der Waals surface area contributed by atoms with Crippen molar-refractivity contribution >= 4 is 0 Å². The number of piperazine rings is 1. The molecule has 2 aliphatic rings. The second kappa shape index (κ2) is 6.25. The van der Waals surface area contributed by atoms with Crippen LogP contribution in [0.3, 0.4) is 0 Å². The van der Waals surface area contributed by atoms with E-state index in [1.807, 2.05) is 0 Å². The number of piperidine rings is 1. The lowest BCUT2D eigenvalue weighted by molar-refractivity contribution is 0.0254. The van der Waals surface area contributed by atoms with Gasteiger partial charge in [-0.05, 0) is 31.9 Å².